The van der Waals surface area contributed by atoms with Crippen LogP contribution in [0.3, 0.4) is 0 Å². The number of carbonyl (C=O) groups excluding carboxylic acids is 1. The van der Waals surface area contributed by atoms with Gasteiger partial charge in [0.25, 0.3) is 0 Å². The van der Waals surface area contributed by atoms with Crippen molar-refractivity contribution in [2.45, 2.75) is 37.3 Å². The van der Waals surface area contributed by atoms with Crippen LogP contribution in [-0.2, 0) is 0 Å². The molecule has 136 valence electrons. The molecule has 2 aromatic heterocycles. The van der Waals surface area contributed by atoms with Gasteiger partial charge >= 0.3 is 0 Å². The Bertz CT molecular complexity index is 808. The molecule has 2 aromatic rings. The summed E-state index contributed by atoms with van der Waals surface area (Å²) in [5, 5.41) is 13.0. The van der Waals surface area contributed by atoms with E-state index in [2.05, 4.69) is 25.2 Å². The molecule has 1 amide bonds. The minimum absolute atomic E-state index is 0.269. The maximum atomic E-state index is 11.3. The Hall–Kier alpha value is -2.74. The normalized spacial score (nSPS) is 25.0. The number of aliphatic hydroxyl groups excluding tert-OH is 1. The quantitative estimate of drug-likeness (QED) is 0.730. The lowest BCUT2D eigenvalue weighted by atomic mass is 9.78. The Balaban J connectivity index is 1.36. The second-order valence-corrected chi connectivity index (χ2v) is 6.99. The minimum atomic E-state index is -0.456. The number of nitrogens with zero attached hydrogens (tertiary/aromatic N) is 4. The van der Waals surface area contributed by atoms with Gasteiger partial charge in [0.15, 0.2) is 0 Å². The van der Waals surface area contributed by atoms with E-state index in [1.165, 1.54) is 0 Å². The third kappa shape index (κ3) is 3.45. The van der Waals surface area contributed by atoms with Gasteiger partial charge in [0, 0.05) is 48.6 Å². The van der Waals surface area contributed by atoms with Crippen LogP contribution >= 0.6 is 0 Å². The van der Waals surface area contributed by atoms with Gasteiger partial charge < -0.3 is 21.1 Å². The van der Waals surface area contributed by atoms with Crippen LogP contribution in [0.25, 0.3) is 0 Å². The van der Waals surface area contributed by atoms with Crippen LogP contribution in [0.5, 0.6) is 0 Å². The van der Waals surface area contributed by atoms with Gasteiger partial charge in [-0.05, 0) is 31.4 Å². The molecule has 1 saturated carbocycles. The highest BCUT2D eigenvalue weighted by atomic mass is 16.3. The van der Waals surface area contributed by atoms with E-state index >= 15 is 0 Å². The molecule has 1 aliphatic carbocycles. The van der Waals surface area contributed by atoms with Crippen LogP contribution in [0.15, 0.2) is 30.7 Å². The number of pyridine rings is 1. The average Bonchev–Trinajstić information content (AvgIpc) is 3.04. The fourth-order valence-electron chi connectivity index (χ4n) is 3.56. The van der Waals surface area contributed by atoms with E-state index in [0.717, 1.165) is 37.3 Å². The molecule has 2 aliphatic rings. The molecule has 3 heterocycles. The molecule has 26 heavy (non-hydrogen) atoms. The highest BCUT2D eigenvalue weighted by Gasteiger charge is 2.32. The highest BCUT2D eigenvalue weighted by Crippen LogP contribution is 2.38. The zero-order chi connectivity index (χ0) is 18.1. The summed E-state index contributed by atoms with van der Waals surface area (Å²) in [5.74, 6) is 1.47. The zero-order valence-electron chi connectivity index (χ0n) is 14.4. The molecule has 0 bridgehead atoms. The Morgan fingerprint density at radius 2 is 2.12 bits per heavy atom. The topological polar surface area (TPSA) is 117 Å². The zero-order valence-corrected chi connectivity index (χ0v) is 14.4. The minimum Gasteiger partial charge on any atom is -0.391 e. The number of hydrogen-bond donors (Lipinski definition) is 3. The number of aliphatic hydroxyl groups is 1. The lowest BCUT2D eigenvalue weighted by molar-refractivity contribution is 0.1000. The van der Waals surface area contributed by atoms with Crippen molar-refractivity contribution in [3.05, 3.63) is 42.0 Å². The maximum Gasteiger partial charge on any atom is 0.248 e. The summed E-state index contributed by atoms with van der Waals surface area (Å²) in [6, 6.07) is 5.61. The Labute approximate surface area is 151 Å². The van der Waals surface area contributed by atoms with Crippen molar-refractivity contribution < 1.29 is 9.90 Å². The van der Waals surface area contributed by atoms with E-state index in [-0.39, 0.29) is 6.10 Å². The van der Waals surface area contributed by atoms with E-state index in [1.807, 2.05) is 6.07 Å². The molecular formula is C18H22N6O2. The molecule has 1 atom stereocenters. The third-order valence-corrected chi connectivity index (χ3v) is 5.11. The first-order valence-corrected chi connectivity index (χ1v) is 8.86. The largest absolute Gasteiger partial charge is 0.391 e. The van der Waals surface area contributed by atoms with Gasteiger partial charge in [0.1, 0.15) is 18.0 Å². The lowest BCUT2D eigenvalue weighted by Gasteiger charge is -2.36. The van der Waals surface area contributed by atoms with Gasteiger partial charge in [-0.1, -0.05) is 0 Å². The standard InChI is InChI=1S/C18H22N6O2/c19-18(26)11-1-3-20-16(7-11)23-13-5-12(6-13)15-8-17(22-10-21-15)24-4-2-14(25)9-24/h1,3,7-8,10,12-14,25H,2,4-6,9H2,(H2,19,26)(H,20,23)/t12?,13?,14-/m1/s1. The van der Waals surface area contributed by atoms with Crippen LogP contribution in [0.2, 0.25) is 0 Å². The van der Waals surface area contributed by atoms with Crippen molar-refractivity contribution in [3.63, 3.8) is 0 Å². The number of nitrogens with one attached hydrogen (secondary N) is 1. The first-order valence-electron chi connectivity index (χ1n) is 8.86. The number of rotatable bonds is 5. The molecule has 0 unspecified atom stereocenters. The number of carbonyl (C=O) groups is 1. The van der Waals surface area contributed by atoms with Gasteiger partial charge in [-0.25, -0.2) is 15.0 Å². The van der Waals surface area contributed by atoms with Crippen molar-refractivity contribution in [1.82, 2.24) is 15.0 Å². The fraction of sp³-hybridized carbons (Fsp3) is 0.444. The number of β-amino-alcohol motifs (C(OH)–C–C–N with tert-alkyl or cyclic N) is 1. The van der Waals surface area contributed by atoms with E-state index in [1.54, 1.807) is 24.7 Å². The smallest absolute Gasteiger partial charge is 0.248 e. The molecule has 4 N–H and O–H groups in total. The van der Waals surface area contributed by atoms with Crippen LogP contribution in [0.1, 0.15) is 41.2 Å². The molecule has 1 saturated heterocycles. The average molecular weight is 354 g/mol. The SMILES string of the molecule is NC(=O)c1ccnc(NC2CC(c3cc(N4CC[C@@H](O)C4)ncn3)C2)c1. The number of primary amides is 1. The van der Waals surface area contributed by atoms with Gasteiger partial charge in [0.05, 0.1) is 6.10 Å². The van der Waals surface area contributed by atoms with Gasteiger partial charge in [-0.3, -0.25) is 4.79 Å². The summed E-state index contributed by atoms with van der Waals surface area (Å²) in [5.41, 5.74) is 6.79. The van der Waals surface area contributed by atoms with Crippen LogP contribution in [0, 0.1) is 0 Å². The molecule has 0 radical (unpaired) electrons. The number of amides is 1. The van der Waals surface area contributed by atoms with Crippen LogP contribution in [0.4, 0.5) is 11.6 Å². The summed E-state index contributed by atoms with van der Waals surface area (Å²) < 4.78 is 0. The van der Waals surface area contributed by atoms with E-state index in [4.69, 9.17) is 5.73 Å². The molecule has 1 aliphatic heterocycles. The molecule has 0 spiro atoms. The third-order valence-electron chi connectivity index (χ3n) is 5.11. The van der Waals surface area contributed by atoms with Crippen LogP contribution in [-0.4, -0.2) is 51.2 Å². The lowest BCUT2D eigenvalue weighted by Crippen LogP contribution is -2.35. The summed E-state index contributed by atoms with van der Waals surface area (Å²) in [6.45, 7) is 1.46. The van der Waals surface area contributed by atoms with Crippen molar-refractivity contribution in [2.75, 3.05) is 23.3 Å². The molecule has 8 nitrogen and oxygen atoms in total. The molecule has 4 rings (SSSR count). The van der Waals surface area contributed by atoms with Crippen molar-refractivity contribution in [3.8, 4) is 0 Å². The second-order valence-electron chi connectivity index (χ2n) is 6.99. The summed E-state index contributed by atoms with van der Waals surface area (Å²) in [6.07, 6.45) is 5.59. The van der Waals surface area contributed by atoms with E-state index in [9.17, 15) is 9.90 Å². The predicted molar refractivity (Wildman–Crippen MR) is 97.0 cm³/mol. The van der Waals surface area contributed by atoms with Crippen molar-refractivity contribution >= 4 is 17.5 Å². The number of aromatic nitrogens is 3. The number of anilines is 2. The Kier molecular flexibility index (Phi) is 4.42. The highest BCUT2D eigenvalue weighted by molar-refractivity contribution is 5.93. The molecule has 0 aromatic carbocycles. The van der Waals surface area contributed by atoms with Gasteiger partial charge in [-0.2, -0.15) is 0 Å². The monoisotopic (exact) mass is 354 g/mol. The molecule has 2 fully saturated rings. The predicted octanol–water partition coefficient (Wildman–Crippen LogP) is 0.900. The molecular weight excluding hydrogens is 332 g/mol. The van der Waals surface area contributed by atoms with E-state index < -0.39 is 5.91 Å². The van der Waals surface area contributed by atoms with Gasteiger partial charge in [0.2, 0.25) is 5.91 Å². The Morgan fingerprint density at radius 1 is 1.27 bits per heavy atom. The molecule has 8 heteroatoms. The second kappa shape index (κ2) is 6.87. The van der Waals surface area contributed by atoms with Gasteiger partial charge in [-0.15, -0.1) is 0 Å². The number of hydrogen-bond acceptors (Lipinski definition) is 7. The van der Waals surface area contributed by atoms with Crippen molar-refractivity contribution in [2.24, 2.45) is 5.73 Å². The maximum absolute atomic E-state index is 11.3. The summed E-state index contributed by atoms with van der Waals surface area (Å²) in [7, 11) is 0. The van der Waals surface area contributed by atoms with Crippen molar-refractivity contribution in [1.29, 1.82) is 0 Å². The van der Waals surface area contributed by atoms with E-state index in [0.29, 0.717) is 29.9 Å². The number of nitrogens with two attached hydrogens (primary N) is 1. The fourth-order valence-corrected chi connectivity index (χ4v) is 3.56. The van der Waals surface area contributed by atoms with Crippen LogP contribution < -0.4 is 16.0 Å². The first-order chi connectivity index (χ1) is 12.6. The summed E-state index contributed by atoms with van der Waals surface area (Å²) in [4.78, 5) is 26.4. The summed E-state index contributed by atoms with van der Waals surface area (Å²) >= 11 is 0. The first kappa shape index (κ1) is 16.7. The Morgan fingerprint density at radius 3 is 2.85 bits per heavy atom.